The number of carbonyl (C=O) groups is 1. The number of allylic oxidation sites excluding steroid dienone is 2. The third-order valence-corrected chi connectivity index (χ3v) is 5.82. The van der Waals surface area contributed by atoms with E-state index in [-0.39, 0.29) is 18.1 Å². The van der Waals surface area contributed by atoms with Gasteiger partial charge in [-0.2, -0.15) is 0 Å². The number of primary amides is 1. The van der Waals surface area contributed by atoms with Crippen LogP contribution in [0.3, 0.4) is 0 Å². The van der Waals surface area contributed by atoms with Crippen LogP contribution in [-0.4, -0.2) is 29.1 Å². The zero-order chi connectivity index (χ0) is 31.4. The molecule has 0 spiro atoms. The molecule has 1 amide bonds. The van der Waals surface area contributed by atoms with Gasteiger partial charge in [0.25, 0.3) is 5.91 Å². The van der Waals surface area contributed by atoms with Crippen molar-refractivity contribution in [3.05, 3.63) is 88.6 Å². The highest BCUT2D eigenvalue weighted by molar-refractivity contribution is 5.81. The van der Waals surface area contributed by atoms with Gasteiger partial charge in [-0.1, -0.05) is 49.2 Å². The number of aryl methyl sites for hydroxylation is 2. The van der Waals surface area contributed by atoms with Crippen molar-refractivity contribution in [3.63, 3.8) is 0 Å². The van der Waals surface area contributed by atoms with Gasteiger partial charge in [0.1, 0.15) is 17.2 Å². The molecule has 7 nitrogen and oxygen atoms in total. The first-order valence-corrected chi connectivity index (χ1v) is 13.3. The molecular formula is C32H37F3N2O5. The summed E-state index contributed by atoms with van der Waals surface area (Å²) in [5, 5.41) is 14.3. The molecule has 0 atom stereocenters. The third-order valence-electron chi connectivity index (χ3n) is 5.82. The van der Waals surface area contributed by atoms with Crippen molar-refractivity contribution < 1.29 is 37.1 Å². The number of alkyl halides is 3. The Balaban J connectivity index is 0.000000342. The van der Waals surface area contributed by atoms with E-state index in [2.05, 4.69) is 23.7 Å². The van der Waals surface area contributed by atoms with Crippen molar-refractivity contribution in [1.82, 2.24) is 5.16 Å². The minimum absolute atomic E-state index is 0.0660. The number of halogens is 3. The van der Waals surface area contributed by atoms with Gasteiger partial charge < -0.3 is 24.8 Å². The average molecular weight is 587 g/mol. The Morgan fingerprint density at radius 1 is 1.00 bits per heavy atom. The molecule has 4 rings (SSSR count). The zero-order valence-corrected chi connectivity index (χ0v) is 24.6. The average Bonchev–Trinajstić information content (AvgIpc) is 3.29. The molecule has 3 aromatic carbocycles. The summed E-state index contributed by atoms with van der Waals surface area (Å²) in [6, 6.07) is 16.5. The van der Waals surface area contributed by atoms with E-state index in [0.29, 0.717) is 29.0 Å². The molecule has 0 aliphatic rings. The number of benzene rings is 3. The number of amides is 1. The van der Waals surface area contributed by atoms with Gasteiger partial charge in [0.15, 0.2) is 12.2 Å². The first kappa shape index (κ1) is 33.7. The molecule has 0 bridgehead atoms. The van der Waals surface area contributed by atoms with Crippen LogP contribution in [0, 0.1) is 13.8 Å². The van der Waals surface area contributed by atoms with Crippen molar-refractivity contribution in [2.75, 3.05) is 6.61 Å². The lowest BCUT2D eigenvalue weighted by molar-refractivity contribution is -0.274. The maximum absolute atomic E-state index is 12.5. The first-order valence-electron chi connectivity index (χ1n) is 13.3. The van der Waals surface area contributed by atoms with E-state index in [1.165, 1.54) is 24.6 Å². The molecule has 1 heterocycles. The molecule has 42 heavy (non-hydrogen) atoms. The third kappa shape index (κ3) is 10.8. The number of phenolic OH excluding ortho intramolecular Hbond substituents is 1. The molecule has 10 heteroatoms. The molecule has 0 saturated carbocycles. The maximum atomic E-state index is 12.5. The topological polar surface area (TPSA) is 108 Å². The van der Waals surface area contributed by atoms with Gasteiger partial charge in [0, 0.05) is 17.9 Å². The summed E-state index contributed by atoms with van der Waals surface area (Å²) in [4.78, 5) is 10.4. The van der Waals surface area contributed by atoms with Crippen molar-refractivity contribution in [3.8, 4) is 17.2 Å². The van der Waals surface area contributed by atoms with E-state index in [1.54, 1.807) is 24.3 Å². The largest absolute Gasteiger partial charge is 0.573 e. The maximum Gasteiger partial charge on any atom is 0.573 e. The number of nitrogens with zero attached hydrogens (tertiary/aromatic N) is 1. The molecule has 0 radical (unpaired) electrons. The van der Waals surface area contributed by atoms with Crippen LogP contribution in [0.25, 0.3) is 16.5 Å². The van der Waals surface area contributed by atoms with Crippen molar-refractivity contribution in [2.24, 2.45) is 5.73 Å². The summed E-state index contributed by atoms with van der Waals surface area (Å²) in [5.41, 5.74) is 10.5. The lowest BCUT2D eigenvalue weighted by Crippen LogP contribution is -2.19. The highest BCUT2D eigenvalue weighted by Crippen LogP contribution is 2.31. The Labute approximate surface area is 243 Å². The number of aromatic nitrogens is 1. The fourth-order valence-corrected chi connectivity index (χ4v) is 3.78. The predicted molar refractivity (Wildman–Crippen MR) is 157 cm³/mol. The number of hydrogen-bond donors (Lipinski definition) is 2. The quantitative estimate of drug-likeness (QED) is 0.227. The Hall–Kier alpha value is -4.47. The van der Waals surface area contributed by atoms with Gasteiger partial charge in [-0.15, -0.1) is 13.2 Å². The van der Waals surface area contributed by atoms with Gasteiger partial charge >= 0.3 is 6.36 Å². The predicted octanol–water partition coefficient (Wildman–Crippen LogP) is 8.05. The second-order valence-electron chi connectivity index (χ2n) is 9.69. The summed E-state index contributed by atoms with van der Waals surface area (Å²) >= 11 is 0. The molecule has 0 saturated heterocycles. The fourth-order valence-electron chi connectivity index (χ4n) is 3.78. The van der Waals surface area contributed by atoms with E-state index < -0.39 is 12.3 Å². The first-order chi connectivity index (χ1) is 19.7. The van der Waals surface area contributed by atoms with Gasteiger partial charge in [-0.3, -0.25) is 4.79 Å². The van der Waals surface area contributed by atoms with Gasteiger partial charge in [-0.05, 0) is 86.4 Å². The Bertz CT molecular complexity index is 1510. The SMILES string of the molecule is C/C(Cc1noc2cc(O)ccc12)=C(\C)c1cc(OC(F)(F)F)ccc1C.CCC.Cc1cccc(OCC(N)=O)c1. The van der Waals surface area contributed by atoms with Crippen LogP contribution in [-0.2, 0) is 11.2 Å². The Kier molecular flexibility index (Phi) is 12.5. The number of phenols is 1. The fraction of sp³-hybridized carbons (Fsp3) is 0.312. The van der Waals surface area contributed by atoms with E-state index in [0.717, 1.165) is 27.7 Å². The number of fused-ring (bicyclic) bond motifs is 1. The molecular weight excluding hydrogens is 549 g/mol. The number of nitrogens with two attached hydrogens (primary N) is 1. The number of rotatable bonds is 7. The van der Waals surface area contributed by atoms with Gasteiger partial charge in [-0.25, -0.2) is 0 Å². The van der Waals surface area contributed by atoms with Crippen LogP contribution in [0.1, 0.15) is 56.5 Å². The van der Waals surface area contributed by atoms with E-state index in [9.17, 15) is 23.1 Å². The summed E-state index contributed by atoms with van der Waals surface area (Å²) in [7, 11) is 0. The van der Waals surface area contributed by atoms with Gasteiger partial charge in [0.2, 0.25) is 0 Å². The summed E-state index contributed by atoms with van der Waals surface area (Å²) in [6.45, 7) is 11.7. The summed E-state index contributed by atoms with van der Waals surface area (Å²) in [6.07, 6.45) is -3.02. The molecule has 0 aliphatic carbocycles. The highest BCUT2D eigenvalue weighted by atomic mass is 19.4. The Morgan fingerprint density at radius 2 is 1.69 bits per heavy atom. The van der Waals surface area contributed by atoms with Crippen LogP contribution >= 0.6 is 0 Å². The molecule has 226 valence electrons. The molecule has 0 aliphatic heterocycles. The van der Waals surface area contributed by atoms with Crippen LogP contribution in [0.15, 0.2) is 70.8 Å². The molecule has 4 aromatic rings. The number of hydrogen-bond acceptors (Lipinski definition) is 6. The molecule has 0 unspecified atom stereocenters. The number of ether oxygens (including phenoxy) is 2. The van der Waals surface area contributed by atoms with Crippen LogP contribution < -0.4 is 15.2 Å². The van der Waals surface area contributed by atoms with Crippen molar-refractivity contribution >= 4 is 22.4 Å². The summed E-state index contributed by atoms with van der Waals surface area (Å²) < 4.78 is 51.8. The molecule has 1 aromatic heterocycles. The normalized spacial score (nSPS) is 11.5. The minimum atomic E-state index is -4.73. The second-order valence-corrected chi connectivity index (χ2v) is 9.69. The van der Waals surface area contributed by atoms with E-state index in [1.807, 2.05) is 45.9 Å². The second kappa shape index (κ2) is 15.5. The smallest absolute Gasteiger partial charge is 0.508 e. The van der Waals surface area contributed by atoms with Crippen molar-refractivity contribution in [1.29, 1.82) is 0 Å². The number of carbonyl (C=O) groups excluding carboxylic acids is 1. The van der Waals surface area contributed by atoms with E-state index >= 15 is 0 Å². The highest BCUT2D eigenvalue weighted by Gasteiger charge is 2.31. The van der Waals surface area contributed by atoms with Crippen molar-refractivity contribution in [2.45, 2.75) is 60.7 Å². The van der Waals surface area contributed by atoms with Crippen LogP contribution in [0.2, 0.25) is 0 Å². The van der Waals surface area contributed by atoms with Gasteiger partial charge in [0.05, 0.1) is 5.69 Å². The summed E-state index contributed by atoms with van der Waals surface area (Å²) in [5.74, 6) is 0.0497. The lowest BCUT2D eigenvalue weighted by atomic mass is 9.95. The molecule has 3 N–H and O–H groups in total. The monoisotopic (exact) mass is 586 g/mol. The van der Waals surface area contributed by atoms with Crippen LogP contribution in [0.5, 0.6) is 17.2 Å². The van der Waals surface area contributed by atoms with Crippen LogP contribution in [0.4, 0.5) is 13.2 Å². The standard InChI is InChI=1S/C20H18F3NO3.C9H11NO2.C3H8/c1-11-4-6-15(26-20(21,22)23)10-17(11)13(3)12(2)8-18-16-7-5-14(25)9-19(16)27-24-18;1-7-3-2-4-8(5-7)12-6-9(10)11;1-3-2/h4-7,9-10,25H,8H2,1-3H3;2-5H,6H2,1H3,(H2,10,11);3H2,1-2H3/b13-12-;;. The minimum Gasteiger partial charge on any atom is -0.508 e. The lowest BCUT2D eigenvalue weighted by Gasteiger charge is -2.14. The number of aromatic hydroxyl groups is 1. The Morgan fingerprint density at radius 3 is 2.31 bits per heavy atom. The zero-order valence-electron chi connectivity index (χ0n) is 24.6. The van der Waals surface area contributed by atoms with E-state index in [4.69, 9.17) is 15.0 Å². The molecule has 0 fully saturated rings.